The minimum Gasteiger partial charge on any atom is -0.497 e. The zero-order chi connectivity index (χ0) is 27.1. The van der Waals surface area contributed by atoms with Crippen molar-refractivity contribution in [1.82, 2.24) is 9.62 Å². The van der Waals surface area contributed by atoms with Crippen LogP contribution in [0.3, 0.4) is 0 Å². The number of nitrogens with zero attached hydrogens (tertiary/aromatic N) is 1. The predicted molar refractivity (Wildman–Crippen MR) is 141 cm³/mol. The molecule has 2 aromatic rings. The Morgan fingerprint density at radius 2 is 1.87 bits per heavy atom. The number of aliphatic hydroxyl groups excluding tert-OH is 1. The fraction of sp³-hybridized carbons (Fsp3) is 0.393. The number of benzene rings is 2. The van der Waals surface area contributed by atoms with Crippen LogP contribution in [0, 0.1) is 12.3 Å². The van der Waals surface area contributed by atoms with E-state index in [9.17, 15) is 18.3 Å². The molecule has 2 aliphatic rings. The van der Waals surface area contributed by atoms with Gasteiger partial charge in [0.05, 0.1) is 25.2 Å². The first-order valence-electron chi connectivity index (χ1n) is 12.5. The molecule has 0 bridgehead atoms. The van der Waals surface area contributed by atoms with Crippen molar-refractivity contribution in [1.29, 1.82) is 0 Å². The number of hydrogen-bond acceptors (Lipinski definition) is 7. The molecular weight excluding hydrogens is 508 g/mol. The van der Waals surface area contributed by atoms with Crippen molar-refractivity contribution in [3.05, 3.63) is 71.5 Å². The molecule has 0 saturated heterocycles. The van der Waals surface area contributed by atoms with E-state index >= 15 is 0 Å². The number of carbonyl (C=O) groups excluding carboxylic acids is 1. The average molecular weight is 541 g/mol. The normalized spacial score (nSPS) is 19.3. The molecule has 0 spiro atoms. The molecular formula is C28H32N2O7S. The molecule has 0 radical (unpaired) electrons. The molecule has 1 aliphatic carbocycles. The van der Waals surface area contributed by atoms with Gasteiger partial charge in [-0.2, -0.15) is 4.31 Å². The number of terminal acetylenes is 1. The third kappa shape index (κ3) is 6.94. The molecule has 0 unspecified atom stereocenters. The maximum atomic E-state index is 13.2. The molecule has 0 aromatic heterocycles. The van der Waals surface area contributed by atoms with E-state index in [1.165, 1.54) is 19.2 Å². The van der Waals surface area contributed by atoms with Crippen molar-refractivity contribution in [2.45, 2.75) is 42.4 Å². The first-order chi connectivity index (χ1) is 18.3. The van der Waals surface area contributed by atoms with Crippen molar-refractivity contribution < 1.29 is 32.5 Å². The quantitative estimate of drug-likeness (QED) is 0.397. The summed E-state index contributed by atoms with van der Waals surface area (Å²) in [6.45, 7) is -0.453. The van der Waals surface area contributed by atoms with Crippen LogP contribution in [0.1, 0.15) is 36.3 Å². The summed E-state index contributed by atoms with van der Waals surface area (Å²) in [5.74, 6) is 2.86. The number of amides is 1. The lowest BCUT2D eigenvalue weighted by molar-refractivity contribution is -0.146. The largest absolute Gasteiger partial charge is 0.497 e. The Labute approximate surface area is 223 Å². The van der Waals surface area contributed by atoms with Crippen molar-refractivity contribution in [3.63, 3.8) is 0 Å². The molecule has 2 N–H and O–H groups in total. The van der Waals surface area contributed by atoms with E-state index < -0.39 is 16.3 Å². The lowest BCUT2D eigenvalue weighted by Crippen LogP contribution is -2.38. The van der Waals surface area contributed by atoms with Gasteiger partial charge in [-0.25, -0.2) is 8.42 Å². The van der Waals surface area contributed by atoms with E-state index in [4.69, 9.17) is 20.6 Å². The molecule has 1 aliphatic heterocycles. The van der Waals surface area contributed by atoms with Crippen molar-refractivity contribution in [2.75, 3.05) is 33.4 Å². The summed E-state index contributed by atoms with van der Waals surface area (Å²) in [5, 5.41) is 12.4. The van der Waals surface area contributed by atoms with Crippen molar-refractivity contribution in [2.24, 2.45) is 0 Å². The molecule has 38 heavy (non-hydrogen) atoms. The summed E-state index contributed by atoms with van der Waals surface area (Å²) < 4.78 is 44.4. The second kappa shape index (κ2) is 12.5. The van der Waals surface area contributed by atoms with E-state index in [1.54, 1.807) is 18.2 Å². The van der Waals surface area contributed by atoms with E-state index in [-0.39, 0.29) is 54.8 Å². The highest BCUT2D eigenvalue weighted by Gasteiger charge is 2.32. The minimum atomic E-state index is -3.88. The summed E-state index contributed by atoms with van der Waals surface area (Å²) in [6.07, 6.45) is 8.81. The van der Waals surface area contributed by atoms with Crippen molar-refractivity contribution >= 4 is 15.9 Å². The standard InChI is InChI=1S/C28H32N2O7S/c1-3-20-4-6-21(7-5-20)22-18-26(28(32)29-23-8-9-23)37-27(19-22)36-17-15-30(14-16-31)38(33,34)25-12-10-24(35-2)11-13-25/h1,4-7,10-13,18,22-23,27,31H,8-9,14-17,19H2,2H3,(H,29,32)/t22-,27+/m1/s1. The lowest BCUT2D eigenvalue weighted by atomic mass is 9.92. The molecule has 2 atom stereocenters. The van der Waals surface area contributed by atoms with Crippen LogP contribution in [-0.2, 0) is 24.3 Å². The van der Waals surface area contributed by atoms with Crippen molar-refractivity contribution in [3.8, 4) is 18.1 Å². The lowest BCUT2D eigenvalue weighted by Gasteiger charge is -2.30. The van der Waals surface area contributed by atoms with Gasteiger partial charge in [0.2, 0.25) is 16.3 Å². The van der Waals surface area contributed by atoms with Crippen LogP contribution in [0.4, 0.5) is 0 Å². The second-order valence-corrected chi connectivity index (χ2v) is 11.0. The van der Waals surface area contributed by atoms with Gasteiger partial charge in [0.1, 0.15) is 5.75 Å². The molecule has 9 nitrogen and oxygen atoms in total. The van der Waals surface area contributed by atoms with Crippen LogP contribution >= 0.6 is 0 Å². The monoisotopic (exact) mass is 540 g/mol. The molecule has 4 rings (SSSR count). The second-order valence-electron chi connectivity index (χ2n) is 9.11. The summed E-state index contributed by atoms with van der Waals surface area (Å²) in [6, 6.07) is 13.7. The van der Waals surface area contributed by atoms with Crippen LogP contribution in [0.2, 0.25) is 0 Å². The number of methoxy groups -OCH3 is 1. The van der Waals surface area contributed by atoms with Gasteiger partial charge in [-0.3, -0.25) is 4.79 Å². The van der Waals surface area contributed by atoms with E-state index in [0.717, 1.165) is 28.3 Å². The van der Waals surface area contributed by atoms with Gasteiger partial charge in [0.25, 0.3) is 5.91 Å². The Morgan fingerprint density at radius 3 is 2.47 bits per heavy atom. The number of hydrogen-bond donors (Lipinski definition) is 2. The summed E-state index contributed by atoms with van der Waals surface area (Å²) >= 11 is 0. The van der Waals surface area contributed by atoms with E-state index in [0.29, 0.717) is 12.2 Å². The molecule has 10 heteroatoms. The van der Waals surface area contributed by atoms with Gasteiger partial charge in [0.15, 0.2) is 5.76 Å². The third-order valence-electron chi connectivity index (χ3n) is 6.39. The fourth-order valence-electron chi connectivity index (χ4n) is 4.11. The number of allylic oxidation sites excluding steroid dienone is 1. The Morgan fingerprint density at radius 1 is 1.16 bits per heavy atom. The maximum Gasteiger partial charge on any atom is 0.286 e. The number of rotatable bonds is 12. The summed E-state index contributed by atoms with van der Waals surface area (Å²) in [5.41, 5.74) is 1.72. The molecule has 2 aromatic carbocycles. The van der Waals surface area contributed by atoms with Gasteiger partial charge in [0, 0.05) is 37.0 Å². The molecule has 1 amide bonds. The Balaban J connectivity index is 1.44. The highest BCUT2D eigenvalue weighted by molar-refractivity contribution is 7.89. The zero-order valence-corrected chi connectivity index (χ0v) is 22.0. The predicted octanol–water partition coefficient (Wildman–Crippen LogP) is 2.37. The van der Waals surface area contributed by atoms with Gasteiger partial charge in [-0.05, 0) is 60.9 Å². The van der Waals surface area contributed by atoms with Crippen LogP contribution in [-0.4, -0.2) is 69.5 Å². The van der Waals surface area contributed by atoms with Crippen LogP contribution in [0.5, 0.6) is 5.75 Å². The third-order valence-corrected chi connectivity index (χ3v) is 8.30. The highest BCUT2D eigenvalue weighted by Crippen LogP contribution is 2.32. The van der Waals surface area contributed by atoms with Crippen LogP contribution in [0.25, 0.3) is 0 Å². The Kier molecular flexibility index (Phi) is 9.07. The minimum absolute atomic E-state index is 0.000324. The number of carbonyl (C=O) groups is 1. The number of nitrogens with one attached hydrogen (secondary N) is 1. The molecule has 1 saturated carbocycles. The van der Waals surface area contributed by atoms with Gasteiger partial charge < -0.3 is 24.6 Å². The topological polar surface area (TPSA) is 114 Å². The molecule has 1 heterocycles. The SMILES string of the molecule is C#Cc1ccc([C@@H]2C=C(C(=O)NC3CC3)O[C@H](OCCN(CCO)S(=O)(=O)c3ccc(OC)cc3)C2)cc1. The first-order valence-corrected chi connectivity index (χ1v) is 13.9. The summed E-state index contributed by atoms with van der Waals surface area (Å²) in [4.78, 5) is 12.8. The Hall–Kier alpha value is -3.36. The number of sulfonamides is 1. The highest BCUT2D eigenvalue weighted by atomic mass is 32.2. The number of aliphatic hydroxyl groups is 1. The van der Waals surface area contributed by atoms with E-state index in [2.05, 4.69) is 11.2 Å². The molecule has 1 fully saturated rings. The maximum absolute atomic E-state index is 13.2. The number of ether oxygens (including phenoxy) is 3. The Bertz CT molecular complexity index is 1280. The van der Waals surface area contributed by atoms with Crippen LogP contribution < -0.4 is 10.1 Å². The first kappa shape index (κ1) is 27.7. The van der Waals surface area contributed by atoms with E-state index in [1.807, 2.05) is 24.3 Å². The summed E-state index contributed by atoms with van der Waals surface area (Å²) in [7, 11) is -2.38. The zero-order valence-electron chi connectivity index (χ0n) is 21.2. The van der Waals surface area contributed by atoms with Gasteiger partial charge in [-0.15, -0.1) is 6.42 Å². The van der Waals surface area contributed by atoms with Gasteiger partial charge in [-0.1, -0.05) is 18.1 Å². The van der Waals surface area contributed by atoms with Crippen LogP contribution in [0.15, 0.2) is 65.3 Å². The van der Waals surface area contributed by atoms with Gasteiger partial charge >= 0.3 is 0 Å². The smallest absolute Gasteiger partial charge is 0.286 e. The fourth-order valence-corrected chi connectivity index (χ4v) is 5.52. The molecule has 202 valence electrons. The average Bonchev–Trinajstić information content (AvgIpc) is 3.76.